The Morgan fingerprint density at radius 1 is 1.24 bits per heavy atom. The van der Waals surface area contributed by atoms with Crippen LogP contribution in [-0.2, 0) is 24.4 Å². The fourth-order valence-corrected chi connectivity index (χ4v) is 2.90. The molecule has 0 radical (unpaired) electrons. The lowest BCUT2D eigenvalue weighted by Crippen LogP contribution is -2.40. The van der Waals surface area contributed by atoms with E-state index in [0.29, 0.717) is 0 Å². The van der Waals surface area contributed by atoms with E-state index in [-0.39, 0.29) is 30.2 Å². The number of nitrogens with one attached hydrogen (secondary N) is 2. The van der Waals surface area contributed by atoms with Gasteiger partial charge in [0.05, 0.1) is 10.3 Å². The first-order chi connectivity index (χ1) is 13.3. The molecule has 0 saturated heterocycles. The van der Waals surface area contributed by atoms with Crippen LogP contribution in [0.3, 0.4) is 0 Å². The molecule has 0 heterocycles. The summed E-state index contributed by atoms with van der Waals surface area (Å²) in [5.41, 5.74) is 7.99. The predicted molar refractivity (Wildman–Crippen MR) is 107 cm³/mol. The van der Waals surface area contributed by atoms with Crippen molar-refractivity contribution in [3.05, 3.63) is 29.8 Å². The van der Waals surface area contributed by atoms with Gasteiger partial charge in [0.15, 0.2) is 0 Å². The maximum absolute atomic E-state index is 12.2. The number of sulfonamides is 1. The second kappa shape index (κ2) is 10.2. The number of guanidine groups is 1. The summed E-state index contributed by atoms with van der Waals surface area (Å²) in [6, 6.07) is 5.10. The highest BCUT2D eigenvalue weighted by Crippen LogP contribution is 2.14. The Morgan fingerprint density at radius 3 is 2.34 bits per heavy atom. The van der Waals surface area contributed by atoms with E-state index in [0.717, 1.165) is 5.56 Å². The van der Waals surface area contributed by atoms with E-state index in [4.69, 9.17) is 10.6 Å². The Kier molecular flexibility index (Phi) is 8.59. The highest BCUT2D eigenvalue weighted by molar-refractivity contribution is 7.90. The van der Waals surface area contributed by atoms with Gasteiger partial charge < -0.3 is 15.7 Å². The van der Waals surface area contributed by atoms with Crippen LogP contribution in [0.1, 0.15) is 39.2 Å². The van der Waals surface area contributed by atoms with Gasteiger partial charge in [-0.3, -0.25) is 9.79 Å². The summed E-state index contributed by atoms with van der Waals surface area (Å²) in [6.45, 7) is 6.84. The minimum absolute atomic E-state index is 0.0528. The lowest BCUT2D eigenvalue weighted by molar-refractivity contribution is -0.166. The topological polar surface area (TPSA) is 160 Å². The van der Waals surface area contributed by atoms with E-state index in [1.165, 1.54) is 12.1 Å². The largest absolute Gasteiger partial charge is 0.480 e. The lowest BCUT2D eigenvalue weighted by atomic mass is 9.98. The molecule has 1 rings (SSSR count). The number of benzene rings is 1. The van der Waals surface area contributed by atoms with Crippen molar-refractivity contribution in [2.75, 3.05) is 6.54 Å². The van der Waals surface area contributed by atoms with Crippen LogP contribution in [0.5, 0.6) is 0 Å². The third-order valence-corrected chi connectivity index (χ3v) is 5.08. The van der Waals surface area contributed by atoms with Crippen molar-refractivity contribution in [1.29, 1.82) is 0 Å². The second-order valence-corrected chi connectivity index (χ2v) is 9.16. The summed E-state index contributed by atoms with van der Waals surface area (Å²) in [5.74, 6) is -2.08. The Hall–Kier alpha value is -2.66. The van der Waals surface area contributed by atoms with Crippen molar-refractivity contribution in [2.45, 2.75) is 51.5 Å². The van der Waals surface area contributed by atoms with E-state index >= 15 is 0 Å². The zero-order valence-electron chi connectivity index (χ0n) is 16.9. The van der Waals surface area contributed by atoms with Crippen LogP contribution in [0.4, 0.5) is 0 Å². The summed E-state index contributed by atoms with van der Waals surface area (Å²) in [7, 11) is -3.85. The molecule has 0 aliphatic heterocycles. The Bertz CT molecular complexity index is 844. The number of carbonyl (C=O) groups excluding carboxylic acids is 1. The molecule has 1 aromatic rings. The fraction of sp³-hybridized carbons (Fsp3) is 0.500. The normalized spacial score (nSPS) is 13.6. The van der Waals surface area contributed by atoms with E-state index < -0.39 is 33.4 Å². The summed E-state index contributed by atoms with van der Waals surface area (Å²) in [5, 5.41) is 9.19. The molecule has 1 aromatic carbocycles. The average Bonchev–Trinajstić information content (AvgIpc) is 2.59. The van der Waals surface area contributed by atoms with Gasteiger partial charge in [0.2, 0.25) is 5.96 Å². The molecule has 0 amide bonds. The van der Waals surface area contributed by atoms with Crippen molar-refractivity contribution >= 4 is 27.9 Å². The van der Waals surface area contributed by atoms with Gasteiger partial charge >= 0.3 is 11.9 Å². The van der Waals surface area contributed by atoms with Crippen LogP contribution >= 0.6 is 0 Å². The summed E-state index contributed by atoms with van der Waals surface area (Å²) < 4.78 is 26.6. The Morgan fingerprint density at radius 2 is 1.83 bits per heavy atom. The molecule has 0 aromatic heterocycles. The lowest BCUT2D eigenvalue weighted by Gasteiger charge is -2.19. The molecule has 1 atom stereocenters. The van der Waals surface area contributed by atoms with Gasteiger partial charge in [-0.15, -0.1) is 5.48 Å². The van der Waals surface area contributed by atoms with Crippen molar-refractivity contribution in [1.82, 2.24) is 10.2 Å². The molecule has 0 aliphatic carbocycles. The molecule has 0 bridgehead atoms. The molecule has 11 heteroatoms. The second-order valence-electron chi connectivity index (χ2n) is 7.48. The van der Waals surface area contributed by atoms with Gasteiger partial charge in [-0.2, -0.15) is 0 Å². The zero-order valence-corrected chi connectivity index (χ0v) is 17.7. The van der Waals surface area contributed by atoms with E-state index in [1.807, 2.05) is 6.92 Å². The first-order valence-electron chi connectivity index (χ1n) is 8.92. The highest BCUT2D eigenvalue weighted by atomic mass is 32.2. The third-order valence-electron chi connectivity index (χ3n) is 3.71. The molecule has 29 heavy (non-hydrogen) atoms. The number of carboxylic acids is 1. The zero-order chi connectivity index (χ0) is 22.2. The van der Waals surface area contributed by atoms with Crippen LogP contribution in [-0.4, -0.2) is 44.0 Å². The van der Waals surface area contributed by atoms with Crippen LogP contribution in [0.2, 0.25) is 0 Å². The third kappa shape index (κ3) is 8.48. The number of aryl methyl sites for hydroxylation is 1. The minimum atomic E-state index is -3.85. The van der Waals surface area contributed by atoms with E-state index in [2.05, 4.69) is 15.2 Å². The predicted octanol–water partition coefficient (Wildman–Crippen LogP) is 0.915. The summed E-state index contributed by atoms with van der Waals surface area (Å²) in [6.07, 6.45) is 0.359. The van der Waals surface area contributed by atoms with Gasteiger partial charge in [0, 0.05) is 6.54 Å². The number of hydrogen-bond donors (Lipinski definition) is 4. The van der Waals surface area contributed by atoms with Gasteiger partial charge in [-0.1, -0.05) is 17.7 Å². The first-order valence-corrected chi connectivity index (χ1v) is 10.4. The van der Waals surface area contributed by atoms with Crippen LogP contribution in [0.15, 0.2) is 34.2 Å². The molecule has 0 fully saturated rings. The summed E-state index contributed by atoms with van der Waals surface area (Å²) >= 11 is 0. The molecule has 162 valence electrons. The monoisotopic (exact) mass is 428 g/mol. The van der Waals surface area contributed by atoms with Gasteiger partial charge in [0.25, 0.3) is 10.0 Å². The van der Waals surface area contributed by atoms with Crippen LogP contribution in [0, 0.1) is 12.3 Å². The Labute approximate surface area is 170 Å². The number of rotatable bonds is 9. The molecule has 0 unspecified atom stereocenters. The highest BCUT2D eigenvalue weighted by Gasteiger charge is 2.26. The van der Waals surface area contributed by atoms with Crippen molar-refractivity contribution in [3.8, 4) is 0 Å². The molecule has 0 aliphatic rings. The molecule has 0 spiro atoms. The maximum atomic E-state index is 12.2. The smallest absolute Gasteiger partial charge is 0.330 e. The number of aliphatic carboxylic acids is 1. The fourth-order valence-electron chi connectivity index (χ4n) is 1.95. The first kappa shape index (κ1) is 24.4. The SMILES string of the molecule is Cc1ccc(S(=O)(=O)NC(N)=NCCC[C@@H](NOC(=O)C(C)(C)C)C(=O)O)cc1. The number of carbonyl (C=O) groups is 2. The summed E-state index contributed by atoms with van der Waals surface area (Å²) in [4.78, 5) is 31.7. The maximum Gasteiger partial charge on any atom is 0.330 e. The molecule has 5 N–H and O–H groups in total. The average molecular weight is 429 g/mol. The number of carboxylic acid groups (broad SMARTS) is 1. The van der Waals surface area contributed by atoms with Crippen molar-refractivity contribution in [2.24, 2.45) is 16.1 Å². The number of nitrogens with zero attached hydrogens (tertiary/aromatic N) is 1. The van der Waals surface area contributed by atoms with E-state index in [1.54, 1.807) is 32.9 Å². The standard InChI is InChI=1S/C18H28N4O6S/c1-12-7-9-13(10-8-12)29(26,27)22-17(19)20-11-5-6-14(15(23)24)21-28-16(25)18(2,3)4/h7-10,14,21H,5-6,11H2,1-4H3,(H,23,24)(H3,19,20,22)/t14-/m1/s1. The van der Waals surface area contributed by atoms with Crippen LogP contribution in [0.25, 0.3) is 0 Å². The molecular weight excluding hydrogens is 400 g/mol. The number of hydroxylamine groups is 1. The quantitative estimate of drug-likeness (QED) is 0.195. The van der Waals surface area contributed by atoms with Crippen LogP contribution < -0.4 is 15.9 Å². The number of hydrogen-bond acceptors (Lipinski definition) is 7. The Balaban J connectivity index is 2.54. The van der Waals surface area contributed by atoms with Gasteiger partial charge in [0.1, 0.15) is 6.04 Å². The minimum Gasteiger partial charge on any atom is -0.480 e. The van der Waals surface area contributed by atoms with Crippen molar-refractivity contribution < 1.29 is 28.0 Å². The molecular formula is C18H28N4O6S. The van der Waals surface area contributed by atoms with Gasteiger partial charge in [-0.05, 0) is 52.7 Å². The van der Waals surface area contributed by atoms with E-state index in [9.17, 15) is 23.1 Å². The number of aliphatic imine (C=N–C) groups is 1. The number of nitrogens with two attached hydrogens (primary N) is 1. The van der Waals surface area contributed by atoms with Crippen molar-refractivity contribution in [3.63, 3.8) is 0 Å². The molecule has 10 nitrogen and oxygen atoms in total. The van der Waals surface area contributed by atoms with Gasteiger partial charge in [-0.25, -0.2) is 17.9 Å². The molecule has 0 saturated carbocycles.